The molecule has 162 valence electrons. The number of carbonyl (C=O) groups is 1. The van der Waals surface area contributed by atoms with Crippen LogP contribution < -0.4 is 5.32 Å². The van der Waals surface area contributed by atoms with Crippen molar-refractivity contribution >= 4 is 29.0 Å². The first kappa shape index (κ1) is 22.0. The number of hydrogen-bond donors (Lipinski definition) is 1. The van der Waals surface area contributed by atoms with Crippen molar-refractivity contribution < 1.29 is 13.9 Å². The molecule has 0 aliphatic carbocycles. The van der Waals surface area contributed by atoms with Crippen LogP contribution in [0.5, 0.6) is 0 Å². The molecule has 0 bridgehead atoms. The number of benzene rings is 2. The molecule has 1 N–H and O–H groups in total. The zero-order chi connectivity index (χ0) is 21.5. The molecule has 31 heavy (non-hydrogen) atoms. The minimum Gasteiger partial charge on any atom is -0.379 e. The molecular formula is C24H25FN2O2S2. The molecule has 1 aromatic heterocycles. The van der Waals surface area contributed by atoms with E-state index in [4.69, 9.17) is 4.74 Å². The van der Waals surface area contributed by atoms with Crippen molar-refractivity contribution in [3.05, 3.63) is 87.9 Å². The van der Waals surface area contributed by atoms with Gasteiger partial charge in [0.05, 0.1) is 24.8 Å². The molecule has 1 aliphatic rings. The van der Waals surface area contributed by atoms with Gasteiger partial charge in [0.25, 0.3) is 5.91 Å². The van der Waals surface area contributed by atoms with Crippen LogP contribution in [0.15, 0.2) is 70.3 Å². The number of nitrogens with zero attached hydrogens (tertiary/aromatic N) is 1. The largest absolute Gasteiger partial charge is 0.379 e. The Morgan fingerprint density at radius 2 is 1.90 bits per heavy atom. The lowest BCUT2D eigenvalue weighted by atomic mass is 10.0. The molecular weight excluding hydrogens is 431 g/mol. The van der Waals surface area contributed by atoms with Gasteiger partial charge >= 0.3 is 0 Å². The van der Waals surface area contributed by atoms with Crippen molar-refractivity contribution in [3.8, 4) is 0 Å². The first-order valence-corrected chi connectivity index (χ1v) is 12.2. The van der Waals surface area contributed by atoms with Crippen LogP contribution in [0.25, 0.3) is 0 Å². The van der Waals surface area contributed by atoms with E-state index >= 15 is 0 Å². The summed E-state index contributed by atoms with van der Waals surface area (Å²) in [5.74, 6) is 0.485. The maximum Gasteiger partial charge on any atom is 0.252 e. The first-order chi connectivity index (χ1) is 15.2. The van der Waals surface area contributed by atoms with Crippen LogP contribution in [0.2, 0.25) is 0 Å². The van der Waals surface area contributed by atoms with Gasteiger partial charge in [-0.25, -0.2) is 4.39 Å². The quantitative estimate of drug-likeness (QED) is 0.485. The fraction of sp³-hybridized carbons (Fsp3) is 0.292. The summed E-state index contributed by atoms with van der Waals surface area (Å²) >= 11 is 3.35. The molecule has 0 saturated carbocycles. The van der Waals surface area contributed by atoms with E-state index in [1.807, 2.05) is 24.3 Å². The zero-order valence-corrected chi connectivity index (χ0v) is 18.8. The fourth-order valence-electron chi connectivity index (χ4n) is 3.63. The third kappa shape index (κ3) is 5.95. The van der Waals surface area contributed by atoms with Gasteiger partial charge in [-0.15, -0.1) is 11.8 Å². The summed E-state index contributed by atoms with van der Waals surface area (Å²) in [4.78, 5) is 16.3. The SMILES string of the molecule is O=C(NC[C@@H](c1ccc(F)cc1)N1CCOCC1)c1ccccc1SCc1ccsc1. The van der Waals surface area contributed by atoms with Crippen molar-refractivity contribution in [2.24, 2.45) is 0 Å². The van der Waals surface area contributed by atoms with Crippen LogP contribution in [-0.4, -0.2) is 43.7 Å². The van der Waals surface area contributed by atoms with E-state index in [2.05, 4.69) is 27.0 Å². The molecule has 4 nitrogen and oxygen atoms in total. The number of thiophene rings is 1. The monoisotopic (exact) mass is 456 g/mol. The number of thioether (sulfide) groups is 1. The number of hydrogen-bond acceptors (Lipinski definition) is 5. The number of nitrogens with one attached hydrogen (secondary N) is 1. The highest BCUT2D eigenvalue weighted by Gasteiger charge is 2.24. The first-order valence-electron chi connectivity index (χ1n) is 10.3. The van der Waals surface area contributed by atoms with Crippen LogP contribution >= 0.6 is 23.1 Å². The lowest BCUT2D eigenvalue weighted by Gasteiger charge is -2.35. The number of amides is 1. The molecule has 7 heteroatoms. The Labute approximate surface area is 190 Å². The highest BCUT2D eigenvalue weighted by molar-refractivity contribution is 7.98. The van der Waals surface area contributed by atoms with E-state index < -0.39 is 0 Å². The smallest absolute Gasteiger partial charge is 0.252 e. The summed E-state index contributed by atoms with van der Waals surface area (Å²) in [7, 11) is 0. The summed E-state index contributed by atoms with van der Waals surface area (Å²) in [6.07, 6.45) is 0. The predicted octanol–water partition coefficient (Wildman–Crippen LogP) is 4.98. The maximum absolute atomic E-state index is 13.4. The van der Waals surface area contributed by atoms with E-state index in [-0.39, 0.29) is 17.8 Å². The lowest BCUT2D eigenvalue weighted by Crippen LogP contribution is -2.43. The van der Waals surface area contributed by atoms with Crippen LogP contribution in [0.3, 0.4) is 0 Å². The van der Waals surface area contributed by atoms with Gasteiger partial charge in [-0.3, -0.25) is 9.69 Å². The molecule has 1 atom stereocenters. The van der Waals surface area contributed by atoms with Gasteiger partial charge in [0, 0.05) is 30.3 Å². The minimum atomic E-state index is -0.259. The standard InChI is InChI=1S/C24H25FN2O2S2/c25-20-7-5-19(6-8-20)22(27-10-12-29-13-11-27)15-26-24(28)21-3-1-2-4-23(21)31-17-18-9-14-30-16-18/h1-9,14,16,22H,10-13,15,17H2,(H,26,28)/t22-/m0/s1. The number of morpholine rings is 1. The Morgan fingerprint density at radius 1 is 1.13 bits per heavy atom. The third-order valence-electron chi connectivity index (χ3n) is 5.30. The van der Waals surface area contributed by atoms with Crippen LogP contribution in [-0.2, 0) is 10.5 Å². The molecule has 3 aromatic rings. The second-order valence-corrected chi connectivity index (χ2v) is 9.14. The van der Waals surface area contributed by atoms with Crippen molar-refractivity contribution in [3.63, 3.8) is 0 Å². The van der Waals surface area contributed by atoms with Gasteiger partial charge in [-0.05, 0) is 52.2 Å². The highest BCUT2D eigenvalue weighted by Crippen LogP contribution is 2.27. The second-order valence-electron chi connectivity index (χ2n) is 7.34. The van der Waals surface area contributed by atoms with Gasteiger partial charge < -0.3 is 10.1 Å². The van der Waals surface area contributed by atoms with Crippen molar-refractivity contribution in [2.75, 3.05) is 32.8 Å². The van der Waals surface area contributed by atoms with Crippen LogP contribution in [0.4, 0.5) is 4.39 Å². The van der Waals surface area contributed by atoms with Gasteiger partial charge in [0.2, 0.25) is 0 Å². The molecule has 2 aromatic carbocycles. The summed E-state index contributed by atoms with van der Waals surface area (Å²) < 4.78 is 18.9. The molecule has 4 rings (SSSR count). The Bertz CT molecular complexity index is 974. The van der Waals surface area contributed by atoms with Gasteiger partial charge in [-0.2, -0.15) is 11.3 Å². The second kappa shape index (κ2) is 10.9. The van der Waals surface area contributed by atoms with Crippen molar-refractivity contribution in [1.82, 2.24) is 10.2 Å². The highest BCUT2D eigenvalue weighted by atomic mass is 32.2. The average molecular weight is 457 g/mol. The minimum absolute atomic E-state index is 0.0286. The Hall–Kier alpha value is -2.19. The molecule has 2 heterocycles. The van der Waals surface area contributed by atoms with E-state index in [9.17, 15) is 9.18 Å². The normalized spacial score (nSPS) is 15.5. The molecule has 0 spiro atoms. The predicted molar refractivity (Wildman–Crippen MR) is 124 cm³/mol. The topological polar surface area (TPSA) is 41.6 Å². The summed E-state index contributed by atoms with van der Waals surface area (Å²) in [6.45, 7) is 3.34. The van der Waals surface area contributed by atoms with E-state index in [0.717, 1.165) is 29.3 Å². The van der Waals surface area contributed by atoms with Crippen molar-refractivity contribution in [2.45, 2.75) is 16.7 Å². The van der Waals surface area contributed by atoms with Crippen LogP contribution in [0.1, 0.15) is 27.5 Å². The third-order valence-corrected chi connectivity index (χ3v) is 7.18. The van der Waals surface area contributed by atoms with E-state index in [0.29, 0.717) is 25.3 Å². The number of ether oxygens (including phenoxy) is 1. The number of halogens is 1. The van der Waals surface area contributed by atoms with Gasteiger partial charge in [0.1, 0.15) is 5.82 Å². The maximum atomic E-state index is 13.4. The van der Waals surface area contributed by atoms with E-state index in [1.165, 1.54) is 17.7 Å². The van der Waals surface area contributed by atoms with Gasteiger partial charge in [-0.1, -0.05) is 24.3 Å². The summed E-state index contributed by atoms with van der Waals surface area (Å²) in [5, 5.41) is 7.31. The lowest BCUT2D eigenvalue weighted by molar-refractivity contribution is 0.0162. The number of rotatable bonds is 8. The Kier molecular flexibility index (Phi) is 7.75. The van der Waals surface area contributed by atoms with Crippen molar-refractivity contribution in [1.29, 1.82) is 0 Å². The van der Waals surface area contributed by atoms with Gasteiger partial charge in [0.15, 0.2) is 0 Å². The Balaban J connectivity index is 1.45. The molecule has 1 saturated heterocycles. The molecule has 0 unspecified atom stereocenters. The zero-order valence-electron chi connectivity index (χ0n) is 17.1. The molecule has 1 aliphatic heterocycles. The molecule has 0 radical (unpaired) electrons. The fourth-order valence-corrected chi connectivity index (χ4v) is 5.40. The molecule has 1 amide bonds. The number of carbonyl (C=O) groups excluding carboxylic acids is 1. The van der Waals surface area contributed by atoms with E-state index in [1.54, 1.807) is 35.2 Å². The Morgan fingerprint density at radius 3 is 2.65 bits per heavy atom. The van der Waals surface area contributed by atoms with Crippen LogP contribution in [0, 0.1) is 5.82 Å². The summed E-state index contributed by atoms with van der Waals surface area (Å²) in [5.41, 5.74) is 2.93. The molecule has 1 fully saturated rings. The summed E-state index contributed by atoms with van der Waals surface area (Å²) in [6, 6.07) is 16.3. The average Bonchev–Trinajstić information content (AvgIpc) is 3.33.